The molecule has 0 unspecified atom stereocenters. The Morgan fingerprint density at radius 2 is 2.22 bits per heavy atom. The third-order valence-electron chi connectivity index (χ3n) is 2.08. The highest BCUT2D eigenvalue weighted by Gasteiger charge is 2.07. The van der Waals surface area contributed by atoms with Crippen molar-refractivity contribution in [1.82, 2.24) is 5.32 Å². The first-order valence-corrected chi connectivity index (χ1v) is 5.56. The Kier molecular flexibility index (Phi) is 5.22. The van der Waals surface area contributed by atoms with Crippen LogP contribution in [0.3, 0.4) is 0 Å². The highest BCUT2D eigenvalue weighted by Crippen LogP contribution is 2.25. The molecule has 0 saturated carbocycles. The van der Waals surface area contributed by atoms with Crippen LogP contribution < -0.4 is 10.1 Å². The topological polar surface area (TPSA) is 55.4 Å². The third-order valence-corrected chi connectivity index (χ3v) is 2.38. The van der Waals surface area contributed by atoms with Gasteiger partial charge in [-0.05, 0) is 25.1 Å². The van der Waals surface area contributed by atoms with Crippen molar-refractivity contribution >= 4 is 23.3 Å². The number of nitrogens with one attached hydrogen (secondary N) is 1. The first-order valence-electron chi connectivity index (χ1n) is 5.18. The van der Waals surface area contributed by atoms with Gasteiger partial charge in [-0.3, -0.25) is 9.59 Å². The lowest BCUT2D eigenvalue weighted by atomic mass is 10.1. The number of rotatable bonds is 5. The molecule has 1 rings (SSSR count). The van der Waals surface area contributed by atoms with Crippen molar-refractivity contribution in [1.29, 1.82) is 0 Å². The van der Waals surface area contributed by atoms with Crippen molar-refractivity contribution in [3.8, 4) is 18.1 Å². The van der Waals surface area contributed by atoms with Gasteiger partial charge in [-0.25, -0.2) is 0 Å². The average molecular weight is 266 g/mol. The molecule has 0 atom stereocenters. The molecule has 0 fully saturated rings. The fraction of sp³-hybridized carbons (Fsp3) is 0.231. The number of ether oxygens (including phenoxy) is 1. The Bertz CT molecular complexity index is 505. The number of terminal acetylenes is 1. The minimum absolute atomic E-state index is 0.0878. The van der Waals surface area contributed by atoms with E-state index in [0.29, 0.717) is 11.3 Å². The zero-order valence-electron chi connectivity index (χ0n) is 9.83. The second kappa shape index (κ2) is 6.67. The van der Waals surface area contributed by atoms with Crippen LogP contribution in [0.2, 0.25) is 5.02 Å². The van der Waals surface area contributed by atoms with E-state index in [9.17, 15) is 9.59 Å². The summed E-state index contributed by atoms with van der Waals surface area (Å²) in [4.78, 5) is 22.3. The molecule has 5 heteroatoms. The fourth-order valence-electron chi connectivity index (χ4n) is 1.18. The van der Waals surface area contributed by atoms with Crippen molar-refractivity contribution in [2.75, 3.05) is 13.2 Å². The minimum Gasteiger partial charge on any atom is -0.482 e. The molecule has 0 aliphatic rings. The summed E-state index contributed by atoms with van der Waals surface area (Å²) >= 11 is 5.92. The number of Topliss-reactive ketones (excluding diaryl/α,β-unsaturated/α-hetero) is 1. The van der Waals surface area contributed by atoms with Gasteiger partial charge in [-0.1, -0.05) is 17.5 Å². The van der Waals surface area contributed by atoms with Crippen LogP contribution in [-0.2, 0) is 4.79 Å². The lowest BCUT2D eigenvalue weighted by molar-refractivity contribution is -0.122. The highest BCUT2D eigenvalue weighted by atomic mass is 35.5. The van der Waals surface area contributed by atoms with Gasteiger partial charge in [0.25, 0.3) is 5.91 Å². The molecule has 0 aliphatic heterocycles. The number of benzene rings is 1. The maximum Gasteiger partial charge on any atom is 0.258 e. The fourth-order valence-corrected chi connectivity index (χ4v) is 1.42. The molecule has 0 bridgehead atoms. The molecule has 1 aromatic carbocycles. The van der Waals surface area contributed by atoms with Crippen molar-refractivity contribution in [2.24, 2.45) is 0 Å². The van der Waals surface area contributed by atoms with E-state index in [-0.39, 0.29) is 29.9 Å². The summed E-state index contributed by atoms with van der Waals surface area (Å²) in [5.41, 5.74) is 0.490. The van der Waals surface area contributed by atoms with E-state index in [1.165, 1.54) is 13.0 Å². The van der Waals surface area contributed by atoms with Gasteiger partial charge in [0.2, 0.25) is 0 Å². The Balaban J connectivity index is 2.61. The number of hydrogen-bond donors (Lipinski definition) is 1. The van der Waals surface area contributed by atoms with E-state index in [1.807, 2.05) is 0 Å². The number of carbonyl (C=O) groups excluding carboxylic acids is 2. The summed E-state index contributed by atoms with van der Waals surface area (Å²) in [6, 6.07) is 4.63. The van der Waals surface area contributed by atoms with E-state index < -0.39 is 0 Å². The lowest BCUT2D eigenvalue weighted by Gasteiger charge is -2.08. The van der Waals surface area contributed by atoms with Crippen LogP contribution in [0.4, 0.5) is 0 Å². The molecule has 18 heavy (non-hydrogen) atoms. The summed E-state index contributed by atoms with van der Waals surface area (Å²) in [6.45, 7) is 1.42. The first kappa shape index (κ1) is 14.1. The van der Waals surface area contributed by atoms with Crippen molar-refractivity contribution < 1.29 is 14.3 Å². The second-order valence-electron chi connectivity index (χ2n) is 3.47. The van der Waals surface area contributed by atoms with Crippen LogP contribution >= 0.6 is 11.6 Å². The van der Waals surface area contributed by atoms with Gasteiger partial charge in [-0.2, -0.15) is 0 Å². The van der Waals surface area contributed by atoms with Crippen LogP contribution in [0.5, 0.6) is 5.75 Å². The number of hydrogen-bond acceptors (Lipinski definition) is 3. The number of ketones is 1. The summed E-state index contributed by atoms with van der Waals surface area (Å²) in [7, 11) is 0. The molecule has 0 spiro atoms. The minimum atomic E-state index is -0.334. The van der Waals surface area contributed by atoms with E-state index in [2.05, 4.69) is 11.2 Å². The highest BCUT2D eigenvalue weighted by molar-refractivity contribution is 6.32. The van der Waals surface area contributed by atoms with Gasteiger partial charge < -0.3 is 10.1 Å². The van der Waals surface area contributed by atoms with Gasteiger partial charge in [0, 0.05) is 5.56 Å². The van der Waals surface area contributed by atoms with Gasteiger partial charge in [0.15, 0.2) is 12.4 Å². The molecule has 0 radical (unpaired) electrons. The monoisotopic (exact) mass is 265 g/mol. The zero-order chi connectivity index (χ0) is 13.5. The molecule has 0 saturated heterocycles. The second-order valence-corrected chi connectivity index (χ2v) is 3.88. The molecule has 1 aromatic rings. The summed E-state index contributed by atoms with van der Waals surface area (Å²) in [5, 5.41) is 2.74. The molecule has 0 aliphatic carbocycles. The Morgan fingerprint density at radius 3 is 2.78 bits per heavy atom. The van der Waals surface area contributed by atoms with Crippen LogP contribution in [0.1, 0.15) is 17.3 Å². The standard InChI is InChI=1S/C13H12ClNO3/c1-3-6-15-13(17)8-18-12-5-4-10(9(2)16)7-11(12)14/h1,4-5,7H,6,8H2,2H3,(H,15,17). The van der Waals surface area contributed by atoms with E-state index in [4.69, 9.17) is 22.8 Å². The average Bonchev–Trinajstić information content (AvgIpc) is 2.34. The Morgan fingerprint density at radius 1 is 1.50 bits per heavy atom. The predicted octanol–water partition coefficient (Wildman–Crippen LogP) is 1.67. The van der Waals surface area contributed by atoms with E-state index in [1.54, 1.807) is 12.1 Å². The smallest absolute Gasteiger partial charge is 0.258 e. The molecular formula is C13H12ClNO3. The maximum absolute atomic E-state index is 11.2. The maximum atomic E-state index is 11.2. The molecule has 1 amide bonds. The molecule has 4 nitrogen and oxygen atoms in total. The summed E-state index contributed by atoms with van der Waals surface area (Å²) in [5.74, 6) is 2.20. The lowest BCUT2D eigenvalue weighted by Crippen LogP contribution is -2.29. The van der Waals surface area contributed by atoms with Crippen molar-refractivity contribution in [3.05, 3.63) is 28.8 Å². The SMILES string of the molecule is C#CCNC(=O)COc1ccc(C(C)=O)cc1Cl. The molecule has 0 aromatic heterocycles. The van der Waals surface area contributed by atoms with Crippen molar-refractivity contribution in [3.63, 3.8) is 0 Å². The summed E-state index contributed by atoms with van der Waals surface area (Å²) in [6.07, 6.45) is 4.99. The normalized spacial score (nSPS) is 9.39. The number of carbonyl (C=O) groups is 2. The molecular weight excluding hydrogens is 254 g/mol. The van der Waals surface area contributed by atoms with E-state index in [0.717, 1.165) is 0 Å². The number of amides is 1. The molecule has 94 valence electrons. The van der Waals surface area contributed by atoms with Gasteiger partial charge in [0.1, 0.15) is 5.75 Å². The largest absolute Gasteiger partial charge is 0.482 e. The van der Waals surface area contributed by atoms with Gasteiger partial charge >= 0.3 is 0 Å². The molecule has 1 N–H and O–H groups in total. The van der Waals surface area contributed by atoms with E-state index >= 15 is 0 Å². The Labute approximate surface area is 110 Å². The summed E-state index contributed by atoms with van der Waals surface area (Å²) < 4.78 is 5.21. The van der Waals surface area contributed by atoms with Crippen LogP contribution in [-0.4, -0.2) is 24.8 Å². The zero-order valence-corrected chi connectivity index (χ0v) is 10.6. The van der Waals surface area contributed by atoms with Crippen molar-refractivity contribution in [2.45, 2.75) is 6.92 Å². The first-order chi connectivity index (χ1) is 8.54. The van der Waals surface area contributed by atoms with Crippen LogP contribution in [0.25, 0.3) is 0 Å². The van der Waals surface area contributed by atoms with Crippen LogP contribution in [0.15, 0.2) is 18.2 Å². The Hall–Kier alpha value is -1.99. The van der Waals surface area contributed by atoms with Crippen LogP contribution in [0, 0.1) is 12.3 Å². The number of halogens is 1. The van der Waals surface area contributed by atoms with Gasteiger partial charge in [-0.15, -0.1) is 6.42 Å². The third kappa shape index (κ3) is 4.11. The predicted molar refractivity (Wildman–Crippen MR) is 68.8 cm³/mol. The quantitative estimate of drug-likeness (QED) is 0.651. The van der Waals surface area contributed by atoms with Gasteiger partial charge in [0.05, 0.1) is 11.6 Å². The molecule has 0 heterocycles.